The molecule has 0 bridgehead atoms. The monoisotopic (exact) mass is 293 g/mol. The molecule has 0 radical (unpaired) electrons. The fraction of sp³-hybridized carbons (Fsp3) is 0.500. The van der Waals surface area contributed by atoms with Gasteiger partial charge >= 0.3 is 0 Å². The summed E-state index contributed by atoms with van der Waals surface area (Å²) in [6.07, 6.45) is 3.42. The fourth-order valence-electron chi connectivity index (χ4n) is 1.68. The Hall–Kier alpha value is -1.99. The average molecular weight is 293 g/mol. The number of pyridine rings is 1. The molecule has 1 aromatic rings. The first-order valence-electron chi connectivity index (χ1n) is 6.81. The first kappa shape index (κ1) is 17.1. The molecule has 0 aliphatic rings. The Morgan fingerprint density at radius 2 is 2.10 bits per heavy atom. The van der Waals surface area contributed by atoms with E-state index in [4.69, 9.17) is 5.73 Å². The molecule has 116 valence electrons. The number of amides is 2. The minimum atomic E-state index is -0.336. The van der Waals surface area contributed by atoms with Gasteiger partial charge in [-0.1, -0.05) is 6.07 Å². The number of nitrogens with one attached hydrogen (secondary N) is 1. The smallest absolute Gasteiger partial charge is 0.242 e. The highest BCUT2D eigenvalue weighted by Gasteiger charge is 2.15. The highest BCUT2D eigenvalue weighted by molar-refractivity contribution is 5.85. The van der Waals surface area contributed by atoms with Crippen LogP contribution < -0.4 is 11.1 Å². The van der Waals surface area contributed by atoms with Crippen molar-refractivity contribution in [2.75, 3.05) is 40.3 Å². The van der Waals surface area contributed by atoms with Crippen molar-refractivity contribution in [3.63, 3.8) is 0 Å². The van der Waals surface area contributed by atoms with E-state index in [9.17, 15) is 9.59 Å². The first-order chi connectivity index (χ1) is 10.0. The second-order valence-corrected chi connectivity index (χ2v) is 4.96. The van der Waals surface area contributed by atoms with E-state index in [1.807, 2.05) is 31.1 Å². The van der Waals surface area contributed by atoms with Crippen LogP contribution in [0.25, 0.3) is 0 Å². The third-order valence-corrected chi connectivity index (χ3v) is 2.89. The van der Waals surface area contributed by atoms with Crippen LogP contribution in [0.3, 0.4) is 0 Å². The van der Waals surface area contributed by atoms with Gasteiger partial charge in [0.15, 0.2) is 0 Å². The van der Waals surface area contributed by atoms with Gasteiger partial charge in [0.25, 0.3) is 0 Å². The highest BCUT2D eigenvalue weighted by Crippen LogP contribution is 2.03. The molecule has 0 unspecified atom stereocenters. The van der Waals surface area contributed by atoms with Gasteiger partial charge in [-0.2, -0.15) is 0 Å². The Morgan fingerprint density at radius 1 is 1.33 bits per heavy atom. The van der Waals surface area contributed by atoms with Crippen molar-refractivity contribution in [1.29, 1.82) is 0 Å². The van der Waals surface area contributed by atoms with Crippen LogP contribution >= 0.6 is 0 Å². The van der Waals surface area contributed by atoms with Crippen LogP contribution in [-0.2, 0) is 16.1 Å². The van der Waals surface area contributed by atoms with Gasteiger partial charge in [0.05, 0.1) is 13.1 Å². The summed E-state index contributed by atoms with van der Waals surface area (Å²) in [6, 6.07) is 3.75. The summed E-state index contributed by atoms with van der Waals surface area (Å²) in [5.74, 6) is -0.472. The molecule has 0 atom stereocenters. The molecule has 7 nitrogen and oxygen atoms in total. The standard InChI is InChI=1S/C14H23N5O2/c1-18(2)6-7-19(11-12-4-3-5-16-9-12)14(21)10-17-13(20)8-15/h3-5,9H,6-8,10-11,15H2,1-2H3,(H,17,20). The minimum Gasteiger partial charge on any atom is -0.346 e. The summed E-state index contributed by atoms with van der Waals surface area (Å²) in [7, 11) is 3.89. The third-order valence-electron chi connectivity index (χ3n) is 2.89. The summed E-state index contributed by atoms with van der Waals surface area (Å²) in [4.78, 5) is 31.1. The number of hydrogen-bond acceptors (Lipinski definition) is 5. The van der Waals surface area contributed by atoms with Crippen LogP contribution in [0, 0.1) is 0 Å². The maximum atomic E-state index is 12.2. The van der Waals surface area contributed by atoms with Gasteiger partial charge in [-0.3, -0.25) is 14.6 Å². The molecule has 0 fully saturated rings. The van der Waals surface area contributed by atoms with Gasteiger partial charge in [0.2, 0.25) is 11.8 Å². The largest absolute Gasteiger partial charge is 0.346 e. The Balaban J connectivity index is 2.62. The predicted molar refractivity (Wildman–Crippen MR) is 80.3 cm³/mol. The normalized spacial score (nSPS) is 10.5. The van der Waals surface area contributed by atoms with Gasteiger partial charge in [0, 0.05) is 32.0 Å². The summed E-state index contributed by atoms with van der Waals surface area (Å²) in [6.45, 7) is 1.65. The Morgan fingerprint density at radius 3 is 2.67 bits per heavy atom. The molecular formula is C14H23N5O2. The summed E-state index contributed by atoms with van der Waals surface area (Å²) in [5, 5.41) is 2.50. The highest BCUT2D eigenvalue weighted by atomic mass is 16.2. The minimum absolute atomic E-state index is 0.0380. The maximum Gasteiger partial charge on any atom is 0.242 e. The molecule has 0 aliphatic heterocycles. The van der Waals surface area contributed by atoms with E-state index in [1.165, 1.54) is 0 Å². The van der Waals surface area contributed by atoms with Crippen molar-refractivity contribution in [1.82, 2.24) is 20.1 Å². The van der Waals surface area contributed by atoms with E-state index in [1.54, 1.807) is 17.3 Å². The van der Waals surface area contributed by atoms with Gasteiger partial charge < -0.3 is 20.9 Å². The van der Waals surface area contributed by atoms with Crippen LogP contribution in [0.5, 0.6) is 0 Å². The molecule has 0 aliphatic carbocycles. The van der Waals surface area contributed by atoms with Gasteiger partial charge in [0.1, 0.15) is 0 Å². The van der Waals surface area contributed by atoms with Crippen LogP contribution in [0.4, 0.5) is 0 Å². The van der Waals surface area contributed by atoms with E-state index in [0.717, 1.165) is 12.1 Å². The molecule has 2 amide bonds. The molecule has 3 N–H and O–H groups in total. The number of nitrogens with zero attached hydrogens (tertiary/aromatic N) is 3. The van der Waals surface area contributed by atoms with Crippen LogP contribution in [-0.4, -0.2) is 66.9 Å². The van der Waals surface area contributed by atoms with Gasteiger partial charge in [-0.15, -0.1) is 0 Å². The second-order valence-electron chi connectivity index (χ2n) is 4.96. The summed E-state index contributed by atoms with van der Waals surface area (Å²) in [5.41, 5.74) is 6.16. The zero-order chi connectivity index (χ0) is 15.7. The zero-order valence-corrected chi connectivity index (χ0v) is 12.6. The van der Waals surface area contributed by atoms with Crippen molar-refractivity contribution in [3.8, 4) is 0 Å². The molecule has 1 heterocycles. The van der Waals surface area contributed by atoms with E-state index < -0.39 is 0 Å². The number of nitrogens with two attached hydrogens (primary N) is 1. The van der Waals surface area contributed by atoms with Crippen LogP contribution in [0.2, 0.25) is 0 Å². The molecule has 0 saturated heterocycles. The molecule has 1 rings (SSSR count). The lowest BCUT2D eigenvalue weighted by molar-refractivity contribution is -0.133. The molecular weight excluding hydrogens is 270 g/mol. The van der Waals surface area contributed by atoms with Crippen molar-refractivity contribution in [2.24, 2.45) is 5.73 Å². The lowest BCUT2D eigenvalue weighted by Crippen LogP contribution is -2.43. The van der Waals surface area contributed by atoms with Crippen LogP contribution in [0.1, 0.15) is 5.56 Å². The van der Waals surface area contributed by atoms with Gasteiger partial charge in [-0.25, -0.2) is 0 Å². The van der Waals surface area contributed by atoms with Gasteiger partial charge in [-0.05, 0) is 25.7 Å². The van der Waals surface area contributed by atoms with E-state index >= 15 is 0 Å². The number of carbonyl (C=O) groups excluding carboxylic acids is 2. The predicted octanol–water partition coefficient (Wildman–Crippen LogP) is -0.953. The number of aromatic nitrogens is 1. The second kappa shape index (κ2) is 9.04. The number of hydrogen-bond donors (Lipinski definition) is 2. The van der Waals surface area contributed by atoms with Crippen molar-refractivity contribution in [3.05, 3.63) is 30.1 Å². The summed E-state index contributed by atoms with van der Waals surface area (Å²) < 4.78 is 0. The molecule has 0 aromatic carbocycles. The molecule has 7 heteroatoms. The topological polar surface area (TPSA) is 91.6 Å². The molecule has 0 saturated carbocycles. The quantitative estimate of drug-likeness (QED) is 0.644. The van der Waals surface area contributed by atoms with Crippen molar-refractivity contribution >= 4 is 11.8 Å². The van der Waals surface area contributed by atoms with E-state index in [0.29, 0.717) is 13.1 Å². The first-order valence-corrected chi connectivity index (χ1v) is 6.81. The van der Waals surface area contributed by atoms with E-state index in [-0.39, 0.29) is 24.9 Å². The SMILES string of the molecule is CN(C)CCN(Cc1cccnc1)C(=O)CNC(=O)CN. The number of carbonyl (C=O) groups is 2. The summed E-state index contributed by atoms with van der Waals surface area (Å²) >= 11 is 0. The number of likely N-dealkylation sites (N-methyl/N-ethyl adjacent to an activating group) is 1. The third kappa shape index (κ3) is 6.82. The molecule has 21 heavy (non-hydrogen) atoms. The van der Waals surface area contributed by atoms with Crippen molar-refractivity contribution < 1.29 is 9.59 Å². The van der Waals surface area contributed by atoms with Crippen molar-refractivity contribution in [2.45, 2.75) is 6.54 Å². The fourth-order valence-corrected chi connectivity index (χ4v) is 1.68. The Labute approximate surface area is 125 Å². The lowest BCUT2D eigenvalue weighted by Gasteiger charge is -2.24. The Kier molecular flexibility index (Phi) is 7.34. The maximum absolute atomic E-state index is 12.2. The number of rotatable bonds is 8. The molecule has 1 aromatic heterocycles. The van der Waals surface area contributed by atoms with Crippen LogP contribution in [0.15, 0.2) is 24.5 Å². The zero-order valence-electron chi connectivity index (χ0n) is 12.6. The van der Waals surface area contributed by atoms with E-state index in [2.05, 4.69) is 10.3 Å². The Bertz CT molecular complexity index is 450. The average Bonchev–Trinajstić information content (AvgIpc) is 2.49. The molecule has 0 spiro atoms. The lowest BCUT2D eigenvalue weighted by atomic mass is 10.2.